The highest BCUT2D eigenvalue weighted by molar-refractivity contribution is 6.35. The molecular weight excluding hydrogens is 246 g/mol. The van der Waals surface area contributed by atoms with Crippen LogP contribution in [0.2, 0.25) is 21.1 Å². The van der Waals surface area contributed by atoms with Gasteiger partial charge in [0, 0.05) is 0 Å². The predicted octanol–water partition coefficient (Wildman–Crippen LogP) is 6.25. The first-order chi connectivity index (χ1) is 8.83. The molecule has 2 radical (unpaired) electrons. The van der Waals surface area contributed by atoms with Gasteiger partial charge in [0.05, 0.1) is 0 Å². The van der Waals surface area contributed by atoms with Gasteiger partial charge in [-0.2, -0.15) is 0 Å². The second-order valence-corrected chi connectivity index (χ2v) is 8.61. The van der Waals surface area contributed by atoms with Gasteiger partial charge in [-0.05, 0) is 0 Å². The van der Waals surface area contributed by atoms with Crippen LogP contribution < -0.4 is 0 Å². The second-order valence-electron chi connectivity index (χ2n) is 5.15. The Balaban J connectivity index is 0. The zero-order chi connectivity index (χ0) is 13.9. The van der Waals surface area contributed by atoms with Crippen molar-refractivity contribution in [2.24, 2.45) is 0 Å². The van der Waals surface area contributed by atoms with Crippen molar-refractivity contribution in [3.05, 3.63) is 0 Å². The normalized spacial score (nSPS) is 9.56. The summed E-state index contributed by atoms with van der Waals surface area (Å²) in [5.41, 5.74) is 0. The van der Waals surface area contributed by atoms with Crippen molar-refractivity contribution in [3.63, 3.8) is 0 Å². The second kappa shape index (κ2) is 23.2. The van der Waals surface area contributed by atoms with Gasteiger partial charge in [-0.1, -0.05) is 79.1 Å². The van der Waals surface area contributed by atoms with Crippen LogP contribution in [0.3, 0.4) is 0 Å². The number of rotatable bonds is 12. The Morgan fingerprint density at radius 1 is 0.444 bits per heavy atom. The van der Waals surface area contributed by atoms with Crippen molar-refractivity contribution in [1.82, 2.24) is 0 Å². The molecule has 0 aliphatic rings. The Hall–Kier alpha value is 1.06. The third-order valence-corrected chi connectivity index (χ3v) is 6.31. The Kier molecular flexibility index (Phi) is 27.5. The van der Waals surface area contributed by atoms with Crippen molar-refractivity contribution in [2.75, 3.05) is 0 Å². The van der Waals surface area contributed by atoms with Gasteiger partial charge in [0.15, 0.2) is 30.4 Å². The fraction of sp³-hybridized carbons (Fsp3) is 1.00. The standard InChI is InChI=1S/4C4H9.2Al/c4*1-3-4-2;;/h4*1,3-4H2,2H3;;. The Bertz CT molecular complexity index is 89.7. The molecule has 0 N–H and O–H groups in total. The highest BCUT2D eigenvalue weighted by atomic mass is 27.1. The van der Waals surface area contributed by atoms with Crippen LogP contribution in [0.15, 0.2) is 0 Å². The fourth-order valence-corrected chi connectivity index (χ4v) is 5.05. The molecule has 0 bridgehead atoms. The first-order valence-electron chi connectivity index (χ1n) is 8.46. The van der Waals surface area contributed by atoms with Gasteiger partial charge in [-0.3, -0.25) is 0 Å². The Labute approximate surface area is 130 Å². The van der Waals surface area contributed by atoms with Crippen LogP contribution in [-0.4, -0.2) is 30.4 Å². The van der Waals surface area contributed by atoms with E-state index >= 15 is 0 Å². The summed E-state index contributed by atoms with van der Waals surface area (Å²) in [4.78, 5) is 0. The molecule has 0 heterocycles. The minimum absolute atomic E-state index is 0.818. The molecule has 0 aliphatic heterocycles. The third-order valence-electron chi connectivity index (χ3n) is 3.05. The van der Waals surface area contributed by atoms with E-state index < -0.39 is 0 Å². The van der Waals surface area contributed by atoms with E-state index in [2.05, 4.69) is 27.7 Å². The molecule has 0 saturated heterocycles. The lowest BCUT2D eigenvalue weighted by Gasteiger charge is -1.93. The van der Waals surface area contributed by atoms with Crippen LogP contribution >= 0.6 is 0 Å². The first-order valence-corrected chi connectivity index (χ1v) is 11.7. The molecule has 0 nitrogen and oxygen atoms in total. The fourth-order valence-electron chi connectivity index (χ4n) is 1.68. The lowest BCUT2D eigenvalue weighted by Crippen LogP contribution is -1.87. The predicted molar refractivity (Wildman–Crippen MR) is 90.4 cm³/mol. The first kappa shape index (κ1) is 21.4. The maximum atomic E-state index is 2.28. The minimum Gasteiger partial charge on any atom is -0.104 e. The molecule has 2 heteroatoms. The molecule has 0 aromatic heterocycles. The topological polar surface area (TPSA) is 0 Å². The molecule has 0 fully saturated rings. The van der Waals surface area contributed by atoms with Gasteiger partial charge in [-0.15, -0.1) is 21.1 Å². The van der Waals surface area contributed by atoms with E-state index in [0.717, 1.165) is 30.4 Å². The quantitative estimate of drug-likeness (QED) is 0.293. The average molecular weight is 282 g/mol. The molecule has 0 aromatic carbocycles. The van der Waals surface area contributed by atoms with Gasteiger partial charge in [0.1, 0.15) is 0 Å². The van der Waals surface area contributed by atoms with Crippen LogP contribution in [-0.2, 0) is 0 Å². The van der Waals surface area contributed by atoms with Crippen molar-refractivity contribution in [2.45, 2.75) is 100 Å². The van der Waals surface area contributed by atoms with Crippen LogP contribution in [0.1, 0.15) is 79.1 Å². The SMILES string of the molecule is CCC[CH2][Al][CH2]CCC.CCC[CH2][Al][CH2]CCC. The summed E-state index contributed by atoms with van der Waals surface area (Å²) in [5.74, 6) is 0. The smallest absolute Gasteiger partial charge is 0.104 e. The summed E-state index contributed by atoms with van der Waals surface area (Å²) in [6, 6.07) is 0. The molecule has 0 saturated carbocycles. The monoisotopic (exact) mass is 282 g/mol. The highest BCUT2D eigenvalue weighted by Gasteiger charge is 1.90. The molecule has 0 atom stereocenters. The third kappa shape index (κ3) is 25.8. The summed E-state index contributed by atoms with van der Waals surface area (Å²) in [7, 11) is 0. The van der Waals surface area contributed by atoms with E-state index in [1.54, 1.807) is 0 Å². The summed E-state index contributed by atoms with van der Waals surface area (Å²) in [5, 5.41) is 6.15. The van der Waals surface area contributed by atoms with Crippen LogP contribution in [0.25, 0.3) is 0 Å². The number of hydrogen-bond donors (Lipinski definition) is 0. The molecular formula is C16H36Al2. The maximum absolute atomic E-state index is 2.28. The highest BCUT2D eigenvalue weighted by Crippen LogP contribution is 2.00. The van der Waals surface area contributed by atoms with Gasteiger partial charge in [0.25, 0.3) is 0 Å². The Morgan fingerprint density at radius 2 is 0.667 bits per heavy atom. The molecule has 0 aromatic rings. The van der Waals surface area contributed by atoms with E-state index in [0.29, 0.717) is 0 Å². The van der Waals surface area contributed by atoms with Crippen molar-refractivity contribution in [1.29, 1.82) is 0 Å². The summed E-state index contributed by atoms with van der Waals surface area (Å²) < 4.78 is 0. The molecule has 0 unspecified atom stereocenters. The van der Waals surface area contributed by atoms with E-state index in [4.69, 9.17) is 0 Å². The number of hydrogen-bond acceptors (Lipinski definition) is 0. The van der Waals surface area contributed by atoms with Gasteiger partial charge in [-0.25, -0.2) is 0 Å². The van der Waals surface area contributed by atoms with Crippen molar-refractivity contribution >= 4 is 30.4 Å². The van der Waals surface area contributed by atoms with E-state index in [1.807, 2.05) is 0 Å². The molecule has 0 rings (SSSR count). The zero-order valence-corrected chi connectivity index (χ0v) is 15.9. The molecule has 0 spiro atoms. The van der Waals surface area contributed by atoms with Crippen LogP contribution in [0, 0.1) is 0 Å². The lowest BCUT2D eigenvalue weighted by atomic mass is 10.4. The summed E-state index contributed by atoms with van der Waals surface area (Å²) in [6.07, 6.45) is 11.4. The molecule has 0 amide bonds. The van der Waals surface area contributed by atoms with Gasteiger partial charge in [0.2, 0.25) is 0 Å². The maximum Gasteiger partial charge on any atom is 0.199 e. The Morgan fingerprint density at radius 3 is 0.833 bits per heavy atom. The van der Waals surface area contributed by atoms with E-state index in [9.17, 15) is 0 Å². The minimum atomic E-state index is 0.818. The lowest BCUT2D eigenvalue weighted by molar-refractivity contribution is 0.851. The summed E-state index contributed by atoms with van der Waals surface area (Å²) >= 11 is 1.64. The van der Waals surface area contributed by atoms with Crippen molar-refractivity contribution < 1.29 is 0 Å². The van der Waals surface area contributed by atoms with Crippen molar-refractivity contribution in [3.8, 4) is 0 Å². The molecule has 106 valence electrons. The number of unbranched alkanes of at least 4 members (excludes halogenated alkanes) is 4. The van der Waals surface area contributed by atoms with Gasteiger partial charge < -0.3 is 0 Å². The van der Waals surface area contributed by atoms with Crippen LogP contribution in [0.5, 0.6) is 0 Å². The van der Waals surface area contributed by atoms with E-state index in [-0.39, 0.29) is 0 Å². The van der Waals surface area contributed by atoms with Crippen LogP contribution in [0.4, 0.5) is 0 Å². The largest absolute Gasteiger partial charge is 0.199 e. The molecule has 0 aliphatic carbocycles. The van der Waals surface area contributed by atoms with Gasteiger partial charge >= 0.3 is 0 Å². The molecule has 18 heavy (non-hydrogen) atoms. The summed E-state index contributed by atoms with van der Waals surface area (Å²) in [6.45, 7) is 9.11. The average Bonchev–Trinajstić information content (AvgIpc) is 2.39. The van der Waals surface area contributed by atoms with E-state index in [1.165, 1.54) is 72.5 Å². The zero-order valence-electron chi connectivity index (χ0n) is 13.6.